The van der Waals surface area contributed by atoms with Crippen molar-refractivity contribution >= 4 is 0 Å². The minimum atomic E-state index is 0.769. The molecule has 0 fully saturated rings. The van der Waals surface area contributed by atoms with Crippen LogP contribution < -0.4 is 5.73 Å². The van der Waals surface area contributed by atoms with Gasteiger partial charge in [0.15, 0.2) is 0 Å². The van der Waals surface area contributed by atoms with Crippen LogP contribution in [-0.4, -0.2) is 6.54 Å². The Bertz CT molecular complexity index is 154. The summed E-state index contributed by atoms with van der Waals surface area (Å²) >= 11 is 0. The summed E-state index contributed by atoms with van der Waals surface area (Å²) in [5, 5.41) is 0. The van der Waals surface area contributed by atoms with Crippen LogP contribution >= 0.6 is 0 Å². The molecule has 0 aromatic rings. The van der Waals surface area contributed by atoms with Crippen LogP contribution in [-0.2, 0) is 0 Å². The fourth-order valence-corrected chi connectivity index (χ4v) is 2.71. The van der Waals surface area contributed by atoms with Crippen molar-refractivity contribution in [1.82, 2.24) is 0 Å². The fraction of sp³-hybridized carbons (Fsp3) is 1.00. The molecule has 2 N–H and O–H groups in total. The lowest BCUT2D eigenvalue weighted by atomic mass is 9.81. The Kier molecular flexibility index (Phi) is 11.0. The topological polar surface area (TPSA) is 26.0 Å². The summed E-state index contributed by atoms with van der Waals surface area (Å²) in [7, 11) is 0. The molecule has 0 spiro atoms. The lowest BCUT2D eigenvalue weighted by molar-refractivity contribution is 0.269. The van der Waals surface area contributed by atoms with Crippen molar-refractivity contribution in [2.75, 3.05) is 6.54 Å². The Hall–Kier alpha value is -0.0400. The van der Waals surface area contributed by atoms with Crippen molar-refractivity contribution in [3.8, 4) is 0 Å². The SMILES string of the molecule is CCCCCCC(CN)CC(CCC)C(C)C. The van der Waals surface area contributed by atoms with Crippen LogP contribution in [0.3, 0.4) is 0 Å². The third kappa shape index (κ3) is 8.65. The molecule has 2 atom stereocenters. The molecule has 0 amide bonds. The van der Waals surface area contributed by atoms with E-state index in [1.165, 1.54) is 51.4 Å². The maximum atomic E-state index is 5.93. The quantitative estimate of drug-likeness (QED) is 0.506. The first kappa shape index (κ1) is 17.0. The molecule has 0 radical (unpaired) electrons. The predicted molar refractivity (Wildman–Crippen MR) is 79.2 cm³/mol. The number of nitrogens with two attached hydrogens (primary N) is 1. The molecule has 0 aliphatic rings. The van der Waals surface area contributed by atoms with Crippen LogP contribution in [0, 0.1) is 17.8 Å². The van der Waals surface area contributed by atoms with Gasteiger partial charge >= 0.3 is 0 Å². The summed E-state index contributed by atoms with van der Waals surface area (Å²) in [4.78, 5) is 0. The molecule has 0 saturated heterocycles. The molecule has 0 aliphatic carbocycles. The number of hydrogen-bond acceptors (Lipinski definition) is 1. The van der Waals surface area contributed by atoms with E-state index in [9.17, 15) is 0 Å². The monoisotopic (exact) mass is 241 g/mol. The Morgan fingerprint density at radius 1 is 0.882 bits per heavy atom. The van der Waals surface area contributed by atoms with Gasteiger partial charge in [0.25, 0.3) is 0 Å². The van der Waals surface area contributed by atoms with E-state index in [4.69, 9.17) is 5.73 Å². The fourth-order valence-electron chi connectivity index (χ4n) is 2.71. The minimum absolute atomic E-state index is 0.769. The predicted octanol–water partition coefficient (Wildman–Crippen LogP) is 4.99. The van der Waals surface area contributed by atoms with Gasteiger partial charge in [-0.1, -0.05) is 66.2 Å². The molecule has 0 rings (SSSR count). The molecule has 0 aliphatic heterocycles. The van der Waals surface area contributed by atoms with Gasteiger partial charge in [0.05, 0.1) is 0 Å². The number of hydrogen-bond donors (Lipinski definition) is 1. The molecule has 104 valence electrons. The molecule has 0 aromatic carbocycles. The maximum Gasteiger partial charge on any atom is -0.00488 e. The van der Waals surface area contributed by atoms with Gasteiger partial charge < -0.3 is 5.73 Å². The highest BCUT2D eigenvalue weighted by atomic mass is 14.5. The Morgan fingerprint density at radius 2 is 1.59 bits per heavy atom. The van der Waals surface area contributed by atoms with Crippen LogP contribution in [0.2, 0.25) is 0 Å². The summed E-state index contributed by atoms with van der Waals surface area (Å²) in [6, 6.07) is 0. The molecule has 1 nitrogen and oxygen atoms in total. The lowest BCUT2D eigenvalue weighted by Crippen LogP contribution is -2.21. The van der Waals surface area contributed by atoms with E-state index < -0.39 is 0 Å². The van der Waals surface area contributed by atoms with E-state index in [2.05, 4.69) is 27.7 Å². The summed E-state index contributed by atoms with van der Waals surface area (Å²) in [5.41, 5.74) is 5.93. The summed E-state index contributed by atoms with van der Waals surface area (Å²) in [5.74, 6) is 2.48. The van der Waals surface area contributed by atoms with Gasteiger partial charge in [-0.3, -0.25) is 0 Å². The first-order valence-electron chi connectivity index (χ1n) is 7.85. The van der Waals surface area contributed by atoms with Crippen molar-refractivity contribution in [2.24, 2.45) is 23.5 Å². The number of unbranched alkanes of at least 4 members (excludes halogenated alkanes) is 3. The van der Waals surface area contributed by atoms with Crippen molar-refractivity contribution in [1.29, 1.82) is 0 Å². The van der Waals surface area contributed by atoms with E-state index in [1.807, 2.05) is 0 Å². The highest BCUT2D eigenvalue weighted by molar-refractivity contribution is 4.70. The summed E-state index contributed by atoms with van der Waals surface area (Å²) in [6.45, 7) is 10.2. The van der Waals surface area contributed by atoms with Crippen LogP contribution in [0.4, 0.5) is 0 Å². The zero-order valence-corrected chi connectivity index (χ0v) is 12.7. The van der Waals surface area contributed by atoms with Crippen LogP contribution in [0.1, 0.15) is 79.1 Å². The molecule has 17 heavy (non-hydrogen) atoms. The summed E-state index contributed by atoms with van der Waals surface area (Å²) in [6.07, 6.45) is 10.9. The number of rotatable bonds is 11. The first-order valence-corrected chi connectivity index (χ1v) is 7.85. The molecule has 1 heteroatoms. The maximum absolute atomic E-state index is 5.93. The summed E-state index contributed by atoms with van der Waals surface area (Å²) < 4.78 is 0. The second-order valence-corrected chi connectivity index (χ2v) is 5.98. The average molecular weight is 241 g/mol. The van der Waals surface area contributed by atoms with Gasteiger partial charge in [0, 0.05) is 0 Å². The second-order valence-electron chi connectivity index (χ2n) is 5.98. The van der Waals surface area contributed by atoms with Crippen molar-refractivity contribution in [3.05, 3.63) is 0 Å². The molecule has 0 bridgehead atoms. The molecule has 0 aromatic heterocycles. The van der Waals surface area contributed by atoms with Gasteiger partial charge in [-0.05, 0) is 37.1 Å². The first-order chi connectivity index (χ1) is 8.15. The van der Waals surface area contributed by atoms with Crippen LogP contribution in [0.25, 0.3) is 0 Å². The van der Waals surface area contributed by atoms with Crippen LogP contribution in [0.15, 0.2) is 0 Å². The highest BCUT2D eigenvalue weighted by Crippen LogP contribution is 2.27. The van der Waals surface area contributed by atoms with E-state index in [1.54, 1.807) is 0 Å². The van der Waals surface area contributed by atoms with Crippen molar-refractivity contribution in [3.63, 3.8) is 0 Å². The zero-order chi connectivity index (χ0) is 13.1. The smallest absolute Gasteiger partial charge is 0.00488 e. The molecule has 0 saturated carbocycles. The third-order valence-electron chi connectivity index (χ3n) is 4.04. The standard InChI is InChI=1S/C16H35N/c1-5-7-8-9-11-15(13-17)12-16(10-6-2)14(3)4/h14-16H,5-13,17H2,1-4H3. The Balaban J connectivity index is 3.90. The van der Waals surface area contributed by atoms with E-state index in [0.717, 1.165) is 24.3 Å². The van der Waals surface area contributed by atoms with E-state index in [-0.39, 0.29) is 0 Å². The second kappa shape index (κ2) is 11.1. The molecular formula is C16H35N. The van der Waals surface area contributed by atoms with Gasteiger partial charge in [-0.15, -0.1) is 0 Å². The third-order valence-corrected chi connectivity index (χ3v) is 4.04. The average Bonchev–Trinajstić information content (AvgIpc) is 2.31. The lowest BCUT2D eigenvalue weighted by Gasteiger charge is -2.25. The Labute approximate surface area is 110 Å². The van der Waals surface area contributed by atoms with Gasteiger partial charge in [0.1, 0.15) is 0 Å². The largest absolute Gasteiger partial charge is 0.330 e. The van der Waals surface area contributed by atoms with Gasteiger partial charge in [-0.25, -0.2) is 0 Å². The van der Waals surface area contributed by atoms with Gasteiger partial charge in [-0.2, -0.15) is 0 Å². The molecular weight excluding hydrogens is 206 g/mol. The molecule has 0 heterocycles. The zero-order valence-electron chi connectivity index (χ0n) is 12.7. The highest BCUT2D eigenvalue weighted by Gasteiger charge is 2.17. The minimum Gasteiger partial charge on any atom is -0.330 e. The van der Waals surface area contributed by atoms with E-state index in [0.29, 0.717) is 0 Å². The van der Waals surface area contributed by atoms with Gasteiger partial charge in [0.2, 0.25) is 0 Å². The van der Waals surface area contributed by atoms with E-state index >= 15 is 0 Å². The van der Waals surface area contributed by atoms with Crippen molar-refractivity contribution in [2.45, 2.75) is 79.1 Å². The van der Waals surface area contributed by atoms with Crippen molar-refractivity contribution < 1.29 is 0 Å². The van der Waals surface area contributed by atoms with Crippen LogP contribution in [0.5, 0.6) is 0 Å². The normalized spacial score (nSPS) is 15.2. The molecule has 2 unspecified atom stereocenters. The Morgan fingerprint density at radius 3 is 2.06 bits per heavy atom.